The summed E-state index contributed by atoms with van der Waals surface area (Å²) in [7, 11) is 0. The van der Waals surface area contributed by atoms with E-state index in [1.54, 1.807) is 11.3 Å². The van der Waals surface area contributed by atoms with Crippen LogP contribution < -0.4 is 19.8 Å². The number of benzene rings is 9. The van der Waals surface area contributed by atoms with Crippen molar-refractivity contribution in [3.05, 3.63) is 245 Å². The van der Waals surface area contributed by atoms with E-state index in [4.69, 9.17) is 19.7 Å². The SMILES string of the molecule is C=c1/c(=C(\C=C/C)c2ccccc2)sc2cc(-n3c4ccccc4c4ccc5c6ccccc6n(-c6nc(-c7ccc(-c8ccccc8)cc7)nc(-c7cccc8c7OC(c7ccccc7)N8)n6)c5c43)ccc12. The average molecular weight is 957 g/mol. The van der Waals surface area contributed by atoms with Crippen molar-refractivity contribution in [3.8, 4) is 51.3 Å². The molecular formula is C65H44N6OS. The van der Waals surface area contributed by atoms with Crippen LogP contribution in [0.2, 0.25) is 0 Å². The monoisotopic (exact) mass is 956 g/mol. The van der Waals surface area contributed by atoms with E-state index >= 15 is 0 Å². The van der Waals surface area contributed by atoms with Crippen LogP contribution in [-0.2, 0) is 0 Å². The molecule has 7 nitrogen and oxygen atoms in total. The first kappa shape index (κ1) is 42.5. The zero-order valence-electron chi connectivity index (χ0n) is 39.7. The zero-order chi connectivity index (χ0) is 48.6. The van der Waals surface area contributed by atoms with Gasteiger partial charge in [0.15, 0.2) is 23.6 Å². The van der Waals surface area contributed by atoms with E-state index in [9.17, 15) is 0 Å². The molecule has 1 unspecified atom stereocenters. The Balaban J connectivity index is 1.03. The van der Waals surface area contributed by atoms with E-state index in [0.29, 0.717) is 23.3 Å². The largest absolute Gasteiger partial charge is 0.464 e. The van der Waals surface area contributed by atoms with Crippen LogP contribution in [0.5, 0.6) is 5.75 Å². The molecule has 8 heteroatoms. The summed E-state index contributed by atoms with van der Waals surface area (Å²) < 4.78 is 13.8. The van der Waals surface area contributed by atoms with Crippen molar-refractivity contribution in [1.29, 1.82) is 0 Å². The lowest BCUT2D eigenvalue weighted by Crippen LogP contribution is -2.19. The second kappa shape index (κ2) is 17.2. The Kier molecular flexibility index (Phi) is 10.0. The fraction of sp³-hybridized carbons (Fsp3) is 0.0308. The van der Waals surface area contributed by atoms with Gasteiger partial charge < -0.3 is 14.6 Å². The highest BCUT2D eigenvalue weighted by Gasteiger charge is 2.29. The Bertz CT molecular complexity index is 4460. The normalized spacial score (nSPS) is 13.8. The molecule has 73 heavy (non-hydrogen) atoms. The van der Waals surface area contributed by atoms with Crippen molar-refractivity contribution in [2.24, 2.45) is 0 Å². The molecule has 14 rings (SSSR count). The summed E-state index contributed by atoms with van der Waals surface area (Å²) in [6.45, 7) is 6.74. The van der Waals surface area contributed by atoms with Crippen molar-refractivity contribution in [2.75, 3.05) is 5.32 Å². The molecule has 13 aromatic rings. The number of thiophene rings is 1. The molecule has 346 valence electrons. The van der Waals surface area contributed by atoms with Crippen LogP contribution in [0.3, 0.4) is 0 Å². The topological polar surface area (TPSA) is 69.8 Å². The van der Waals surface area contributed by atoms with Crippen molar-refractivity contribution in [3.63, 3.8) is 0 Å². The van der Waals surface area contributed by atoms with E-state index in [1.807, 2.05) is 42.5 Å². The number of nitrogens with one attached hydrogen (secondary N) is 1. The molecule has 0 aliphatic carbocycles. The number of aromatic nitrogens is 5. The number of allylic oxidation sites excluding steroid dienone is 2. The lowest BCUT2D eigenvalue weighted by molar-refractivity contribution is 0.260. The fourth-order valence-corrected chi connectivity index (χ4v) is 12.0. The highest BCUT2D eigenvalue weighted by molar-refractivity contribution is 7.17. The summed E-state index contributed by atoms with van der Waals surface area (Å²) in [5, 5.41) is 10.2. The molecule has 5 heterocycles. The average Bonchev–Trinajstić information content (AvgIpc) is 4.22. The molecular weight excluding hydrogens is 913 g/mol. The lowest BCUT2D eigenvalue weighted by atomic mass is 10.0. The van der Waals surface area contributed by atoms with Gasteiger partial charge >= 0.3 is 0 Å². The van der Waals surface area contributed by atoms with Crippen LogP contribution in [0.4, 0.5) is 5.69 Å². The van der Waals surface area contributed by atoms with Gasteiger partial charge in [0, 0.05) is 47.6 Å². The second-order valence-electron chi connectivity index (χ2n) is 18.4. The summed E-state index contributed by atoms with van der Waals surface area (Å²) >= 11 is 1.79. The summed E-state index contributed by atoms with van der Waals surface area (Å²) in [6, 6.07) is 74.5. The van der Waals surface area contributed by atoms with E-state index in [0.717, 1.165) is 97.9 Å². The number of hydrogen-bond donors (Lipinski definition) is 1. The first-order valence-corrected chi connectivity index (χ1v) is 25.3. The van der Waals surface area contributed by atoms with Crippen LogP contribution in [-0.4, -0.2) is 24.1 Å². The molecule has 0 spiro atoms. The van der Waals surface area contributed by atoms with Crippen molar-refractivity contribution < 1.29 is 4.74 Å². The quantitative estimate of drug-likeness (QED) is 0.164. The van der Waals surface area contributed by atoms with Crippen LogP contribution in [0, 0.1) is 0 Å². The molecule has 0 fully saturated rings. The number of anilines is 1. The van der Waals surface area contributed by atoms with E-state index in [1.165, 1.54) is 15.8 Å². The Morgan fingerprint density at radius 1 is 0.562 bits per heavy atom. The number of rotatable bonds is 8. The minimum atomic E-state index is -0.367. The van der Waals surface area contributed by atoms with Gasteiger partial charge in [0.25, 0.3) is 0 Å². The molecule has 4 aromatic heterocycles. The highest BCUT2D eigenvalue weighted by Crippen LogP contribution is 2.46. The van der Waals surface area contributed by atoms with Gasteiger partial charge in [-0.05, 0) is 76.2 Å². The molecule has 0 amide bonds. The van der Waals surface area contributed by atoms with Gasteiger partial charge in [-0.15, -0.1) is 11.3 Å². The van der Waals surface area contributed by atoms with Crippen LogP contribution in [0.25, 0.3) is 111 Å². The van der Waals surface area contributed by atoms with E-state index in [2.05, 4.69) is 210 Å². The molecule has 9 aromatic carbocycles. The van der Waals surface area contributed by atoms with Crippen molar-refractivity contribution in [1.82, 2.24) is 24.1 Å². The Morgan fingerprint density at radius 3 is 1.89 bits per heavy atom. The highest BCUT2D eigenvalue weighted by atomic mass is 32.1. The Labute approximate surface area is 424 Å². The summed E-state index contributed by atoms with van der Waals surface area (Å²) in [6.07, 6.45) is 3.94. The Hall–Kier alpha value is -9.37. The second-order valence-corrected chi connectivity index (χ2v) is 19.4. The maximum atomic E-state index is 6.77. The van der Waals surface area contributed by atoms with Gasteiger partial charge in [-0.3, -0.25) is 4.57 Å². The van der Waals surface area contributed by atoms with Crippen molar-refractivity contribution >= 4 is 82.9 Å². The maximum Gasteiger partial charge on any atom is 0.238 e. The molecule has 0 saturated carbocycles. The van der Waals surface area contributed by atoms with Gasteiger partial charge in [-0.2, -0.15) is 9.97 Å². The van der Waals surface area contributed by atoms with Gasteiger partial charge in [-0.25, -0.2) is 4.98 Å². The third kappa shape index (κ3) is 6.98. The third-order valence-corrected chi connectivity index (χ3v) is 15.3. The molecule has 1 aliphatic heterocycles. The lowest BCUT2D eigenvalue weighted by Gasteiger charge is -2.14. The number of para-hydroxylation sites is 3. The predicted molar refractivity (Wildman–Crippen MR) is 302 cm³/mol. The van der Waals surface area contributed by atoms with Gasteiger partial charge in [0.2, 0.25) is 5.95 Å². The summed E-state index contributed by atoms with van der Waals surface area (Å²) in [5.41, 5.74) is 13.3. The molecule has 0 radical (unpaired) electrons. The molecule has 0 bridgehead atoms. The first-order chi connectivity index (χ1) is 36.1. The smallest absolute Gasteiger partial charge is 0.238 e. The van der Waals surface area contributed by atoms with Crippen LogP contribution in [0.15, 0.2) is 224 Å². The van der Waals surface area contributed by atoms with Gasteiger partial charge in [0.05, 0.1) is 33.3 Å². The molecule has 1 N–H and O–H groups in total. The van der Waals surface area contributed by atoms with E-state index in [-0.39, 0.29) is 6.23 Å². The van der Waals surface area contributed by atoms with Crippen molar-refractivity contribution in [2.45, 2.75) is 13.2 Å². The summed E-state index contributed by atoms with van der Waals surface area (Å²) in [5.74, 6) is 2.25. The number of fused-ring (bicyclic) bond motifs is 9. The first-order valence-electron chi connectivity index (χ1n) is 24.5. The molecule has 1 atom stereocenters. The third-order valence-electron chi connectivity index (χ3n) is 14.1. The van der Waals surface area contributed by atoms with Gasteiger partial charge in [0.1, 0.15) is 0 Å². The molecule has 1 aliphatic rings. The summed E-state index contributed by atoms with van der Waals surface area (Å²) in [4.78, 5) is 16.3. The minimum Gasteiger partial charge on any atom is -0.464 e. The predicted octanol–water partition coefficient (Wildman–Crippen LogP) is 15.0. The zero-order valence-corrected chi connectivity index (χ0v) is 40.5. The number of ether oxygens (including phenoxy) is 1. The van der Waals surface area contributed by atoms with Gasteiger partial charge in [-0.1, -0.05) is 195 Å². The minimum absolute atomic E-state index is 0.367. The number of nitrogens with zero attached hydrogens (tertiary/aromatic N) is 5. The molecule has 0 saturated heterocycles. The van der Waals surface area contributed by atoms with Crippen LogP contribution in [0.1, 0.15) is 24.3 Å². The standard InChI is InChI=1S/C65H44N6OS/c1-3-18-48(43-21-9-5-10-22-43)61-40(2)47-36-35-46(39-57(47)73-61)70-55-29-15-13-25-49(55)51-37-38-52-50-26-14-16-30-56(50)71(59(52)58(51)70)65-68-62(44-33-31-42(32-34-44)41-19-7-4-8-20-41)67-63(69-65)53-27-17-28-54-60(53)72-64(66-54)45-23-11-6-12-24-45/h3-39,64,66H,2H2,1H3/b18-3-,61-48-. The fourth-order valence-electron chi connectivity index (χ4n) is 10.7. The number of hydrogen-bond acceptors (Lipinski definition) is 6. The van der Waals surface area contributed by atoms with Crippen LogP contribution >= 0.6 is 11.3 Å². The van der Waals surface area contributed by atoms with E-state index < -0.39 is 0 Å². The maximum absolute atomic E-state index is 6.77. The Morgan fingerprint density at radius 2 is 1.16 bits per heavy atom.